The molecule has 31 heteroatoms. The molecule has 3 aliphatic rings. The maximum Gasteiger partial charge on any atom is 0.258 e. The van der Waals surface area contributed by atoms with Gasteiger partial charge < -0.3 is 62.6 Å². The molecule has 650 valence electrons. The second kappa shape index (κ2) is 43.8. The van der Waals surface area contributed by atoms with E-state index in [1.54, 1.807) is 189 Å². The molecule has 0 bridgehead atoms. The fraction of sp³-hybridized carbons (Fsp3) is 0.175. The summed E-state index contributed by atoms with van der Waals surface area (Å²) >= 11 is 23.4. The number of likely N-dealkylation sites (N-methyl/N-ethyl adjacent to an activating group) is 1. The maximum absolute atomic E-state index is 12.9. The van der Waals surface area contributed by atoms with Crippen LogP contribution in [0.15, 0.2) is 248 Å². The molecule has 8 aromatic carbocycles. The number of nitrogens with one attached hydrogen (secondary N) is 11. The van der Waals surface area contributed by atoms with Crippen molar-refractivity contribution < 1.29 is 38.4 Å². The van der Waals surface area contributed by atoms with E-state index in [2.05, 4.69) is 77.3 Å². The van der Waals surface area contributed by atoms with Gasteiger partial charge in [0.2, 0.25) is 0 Å². The number of nitrogens with zero attached hydrogens (tertiary/aromatic N) is 8. The van der Waals surface area contributed by atoms with Crippen LogP contribution in [0.25, 0.3) is 0 Å². The Labute approximate surface area is 760 Å². The van der Waals surface area contributed by atoms with Gasteiger partial charge in [0.05, 0.1) is 71.6 Å². The van der Waals surface area contributed by atoms with Crippen LogP contribution in [0.2, 0.25) is 20.1 Å². The van der Waals surface area contributed by atoms with Crippen LogP contribution in [0.3, 0.4) is 0 Å². The average molecular weight is 1790 g/mol. The summed E-state index contributed by atoms with van der Waals surface area (Å²) < 4.78 is 0. The Morgan fingerprint density at radius 3 is 0.812 bits per heavy atom. The molecule has 2 saturated heterocycles. The van der Waals surface area contributed by atoms with Crippen molar-refractivity contribution in [2.24, 2.45) is 4.99 Å². The number of amidine groups is 3. The Morgan fingerprint density at radius 2 is 0.562 bits per heavy atom. The van der Waals surface area contributed by atoms with Crippen molar-refractivity contribution in [1.29, 1.82) is 16.2 Å². The van der Waals surface area contributed by atoms with Crippen LogP contribution in [0.1, 0.15) is 166 Å². The predicted octanol–water partition coefficient (Wildman–Crippen LogP) is 19.5. The molecule has 3 aliphatic heterocycles. The van der Waals surface area contributed by atoms with Gasteiger partial charge in [-0.2, -0.15) is 0 Å². The molecule has 8 amide bonds. The van der Waals surface area contributed by atoms with Crippen LogP contribution < -0.4 is 42.5 Å². The summed E-state index contributed by atoms with van der Waals surface area (Å²) in [6.07, 6.45) is 11.4. The third-order valence-electron chi connectivity index (χ3n) is 20.5. The lowest BCUT2D eigenvalue weighted by Gasteiger charge is -2.29. The minimum atomic E-state index is -0.395. The third kappa shape index (κ3) is 25.6. The minimum absolute atomic E-state index is 0.305. The third-order valence-corrected chi connectivity index (χ3v) is 21.4. The SMILES string of the molecule is CC(=N)c1ccc(C(=O)Nc2ccc(C)cc2C(=O)Nc2ccc(Cl)cn2)cc1.Cc1ccc(NC(=O)c2ccc(C(=N)N3CCCC3)cc2)c(C(=O)Nc2ccc(Cl)cn2)c1.Cc1ccc(NC(=O)c2ccc(C(=N)N3CCCCC3)cc2)c(C(=O)Nc2ccc(Cl)cn2)c1.Cc1ccc(NC(=O)c2ccc(C3=NCCN3C)cc2)c(C(=O)Nc2ccc(Cl)cn2)c1. The number of rotatable bonds is 20. The number of hydrogen-bond acceptors (Lipinski definition) is 17. The van der Waals surface area contributed by atoms with Gasteiger partial charge in [-0.05, 0) is 218 Å². The molecule has 0 spiro atoms. The first-order valence-corrected chi connectivity index (χ1v) is 42.4. The number of halogens is 4. The Kier molecular flexibility index (Phi) is 31.7. The van der Waals surface area contributed by atoms with Crippen LogP contribution in [0.5, 0.6) is 0 Å². The number of pyridine rings is 4. The molecular formula is C97H91Cl4N19O8. The zero-order valence-electron chi connectivity index (χ0n) is 70.7. The highest BCUT2D eigenvalue weighted by Crippen LogP contribution is 2.28. The Hall–Kier alpha value is -14.6. The Bertz CT molecular complexity index is 6160. The largest absolute Gasteiger partial charge is 0.358 e. The summed E-state index contributed by atoms with van der Waals surface area (Å²) in [6, 6.07) is 61.9. The molecule has 0 radical (unpaired) electrons. The van der Waals surface area contributed by atoms with Crippen molar-refractivity contribution in [2.45, 2.75) is 66.7 Å². The fourth-order valence-electron chi connectivity index (χ4n) is 13.6. The topological polar surface area (TPSA) is 378 Å². The highest BCUT2D eigenvalue weighted by molar-refractivity contribution is 6.31. The monoisotopic (exact) mass is 1790 g/mol. The molecular weight excluding hydrogens is 1700 g/mol. The molecule has 128 heavy (non-hydrogen) atoms. The number of anilines is 8. The molecule has 4 aromatic heterocycles. The highest BCUT2D eigenvalue weighted by Gasteiger charge is 2.25. The van der Waals surface area contributed by atoms with Gasteiger partial charge in [0.25, 0.3) is 47.3 Å². The van der Waals surface area contributed by atoms with Gasteiger partial charge in [-0.25, -0.2) is 19.9 Å². The van der Waals surface area contributed by atoms with Crippen molar-refractivity contribution in [3.8, 4) is 0 Å². The van der Waals surface area contributed by atoms with Gasteiger partial charge in [0.1, 0.15) is 40.8 Å². The van der Waals surface area contributed by atoms with Gasteiger partial charge in [0.15, 0.2) is 0 Å². The van der Waals surface area contributed by atoms with E-state index in [9.17, 15) is 38.4 Å². The second-order valence-electron chi connectivity index (χ2n) is 30.3. The van der Waals surface area contributed by atoms with Crippen molar-refractivity contribution in [2.75, 3.05) is 88.9 Å². The van der Waals surface area contributed by atoms with E-state index in [0.717, 1.165) is 115 Å². The van der Waals surface area contributed by atoms with Crippen LogP contribution in [0.4, 0.5) is 46.0 Å². The maximum atomic E-state index is 12.9. The van der Waals surface area contributed by atoms with E-state index >= 15 is 0 Å². The first kappa shape index (κ1) is 92.5. The number of carbonyl (C=O) groups is 8. The number of aryl methyl sites for hydroxylation is 4. The Morgan fingerprint density at radius 1 is 0.305 bits per heavy atom. The first-order chi connectivity index (χ1) is 61.5. The van der Waals surface area contributed by atoms with Crippen molar-refractivity contribution in [1.82, 2.24) is 34.6 Å². The number of benzene rings is 8. The summed E-state index contributed by atoms with van der Waals surface area (Å²) in [7, 11) is 2.00. The van der Waals surface area contributed by atoms with Gasteiger partial charge >= 0.3 is 0 Å². The number of amides is 8. The second-order valence-corrected chi connectivity index (χ2v) is 32.0. The molecule has 11 N–H and O–H groups in total. The molecule has 0 saturated carbocycles. The number of hydrogen-bond donors (Lipinski definition) is 11. The van der Waals surface area contributed by atoms with Gasteiger partial charge in [-0.3, -0.25) is 54.2 Å². The molecule has 0 aliphatic carbocycles. The quantitative estimate of drug-likeness (QED) is 0.0249. The first-order valence-electron chi connectivity index (χ1n) is 40.8. The number of aromatic nitrogens is 4. The summed E-state index contributed by atoms with van der Waals surface area (Å²) in [5, 5.41) is 48.5. The molecule has 0 atom stereocenters. The van der Waals surface area contributed by atoms with Crippen LogP contribution in [-0.2, 0) is 0 Å². The smallest absolute Gasteiger partial charge is 0.258 e. The fourth-order valence-corrected chi connectivity index (χ4v) is 14.0. The van der Waals surface area contributed by atoms with E-state index in [4.69, 9.17) is 62.6 Å². The zero-order valence-corrected chi connectivity index (χ0v) is 73.8. The van der Waals surface area contributed by atoms with Crippen LogP contribution >= 0.6 is 46.4 Å². The number of likely N-dealkylation sites (tertiary alicyclic amines) is 2. The lowest BCUT2D eigenvalue weighted by atomic mass is 10.1. The number of carbonyl (C=O) groups excluding carboxylic acids is 8. The normalized spacial score (nSPS) is 12.5. The van der Waals surface area contributed by atoms with Gasteiger partial charge in [-0.1, -0.05) is 141 Å². The summed E-state index contributed by atoms with van der Waals surface area (Å²) in [5.41, 5.74) is 11.9. The van der Waals surface area contributed by atoms with Crippen molar-refractivity contribution >= 4 is 163 Å². The van der Waals surface area contributed by atoms with Crippen molar-refractivity contribution in [3.63, 3.8) is 0 Å². The summed E-state index contributed by atoms with van der Waals surface area (Å²) in [5.74, 6) is 0.460. The molecule has 27 nitrogen and oxygen atoms in total. The zero-order chi connectivity index (χ0) is 91.1. The summed E-state index contributed by atoms with van der Waals surface area (Å²) in [4.78, 5) is 130. The van der Waals surface area contributed by atoms with Gasteiger partial charge in [-0.15, -0.1) is 0 Å². The lowest BCUT2D eigenvalue weighted by Crippen LogP contribution is -2.35. The van der Waals surface area contributed by atoms with E-state index in [-0.39, 0.29) is 35.4 Å². The van der Waals surface area contributed by atoms with E-state index in [1.165, 1.54) is 31.2 Å². The minimum Gasteiger partial charge on any atom is -0.358 e. The van der Waals surface area contributed by atoms with Gasteiger partial charge in [0, 0.05) is 109 Å². The van der Waals surface area contributed by atoms with E-state index in [0.29, 0.717) is 128 Å². The van der Waals surface area contributed by atoms with Crippen LogP contribution in [0, 0.1) is 43.9 Å². The van der Waals surface area contributed by atoms with E-state index < -0.39 is 11.8 Å². The molecule has 0 unspecified atom stereocenters. The molecule has 15 rings (SSSR count). The van der Waals surface area contributed by atoms with E-state index in [1.807, 2.05) is 76.0 Å². The predicted molar refractivity (Wildman–Crippen MR) is 508 cm³/mol. The Balaban J connectivity index is 0.000000155. The molecule has 7 heterocycles. The highest BCUT2D eigenvalue weighted by atomic mass is 35.5. The average Bonchev–Trinajstić information content (AvgIpc) is 0.913. The number of aliphatic imine (C=N–C) groups is 1. The molecule has 12 aromatic rings. The lowest BCUT2D eigenvalue weighted by molar-refractivity contribution is 0.101. The standard InChI is InChI=1S/C26H26ClN5O2.C25H24ClN5O2.C24H22ClN5O2.C22H19ClN4O2/c1-17-5-11-22(21(15-17)26(34)31-23-12-10-20(27)16-29-23)30-25(33)19-8-6-18(7-9-19)24(28)32-13-3-2-4-14-32;1-16-4-10-21(20(14-16)25(33)30-22-11-9-19(26)15-28-22)29-24(32)18-7-5-17(6-8-18)23(27)31-12-2-3-13-31;1-15-3-9-20(19(13-15)24(32)29-21-10-8-18(25)14-27-21)28-23(31)17-6-4-16(5-7-17)22-26-11-12-30(22)2;1-13-3-9-19(26-21(28)16-6-4-15(5-7-16)14(2)24)18(11-13)22(29)27-20-10-8-17(23)12-25-20/h5-12,15-16,28H,2-4,13-14H2,1H3,(H,30,33)(H,29,31,34);4-11,14-15,27H,2-3,12-13H2,1H3,(H,29,32)(H,28,30,33);3-10,13-14H,11-12H2,1-2H3,(H,28,31)(H,27,29,32);3-12,24H,1-2H3,(H,26,28)(H,25,27,29). The molecule has 2 fully saturated rings. The summed E-state index contributed by atoms with van der Waals surface area (Å²) in [6.45, 7) is 14.4. The number of piperidine rings is 1. The van der Waals surface area contributed by atoms with Crippen molar-refractivity contribution in [3.05, 3.63) is 352 Å². The van der Waals surface area contributed by atoms with Crippen LogP contribution in [-0.4, -0.2) is 151 Å².